The van der Waals surface area contributed by atoms with Crippen LogP contribution in [-0.2, 0) is 11.2 Å². The van der Waals surface area contributed by atoms with E-state index < -0.39 is 0 Å². The summed E-state index contributed by atoms with van der Waals surface area (Å²) in [5.41, 5.74) is 1.06. The predicted molar refractivity (Wildman–Crippen MR) is 89.0 cm³/mol. The van der Waals surface area contributed by atoms with Crippen LogP contribution in [0.1, 0.15) is 5.56 Å². The molecule has 1 saturated heterocycles. The fourth-order valence-corrected chi connectivity index (χ4v) is 2.61. The van der Waals surface area contributed by atoms with Crippen LogP contribution in [0.3, 0.4) is 0 Å². The molecule has 0 saturated carbocycles. The number of likely N-dealkylation sites (N-methyl/N-ethyl adjacent to an activating group) is 1. The Morgan fingerprint density at radius 1 is 1.14 bits per heavy atom. The van der Waals surface area contributed by atoms with Gasteiger partial charge in [0.1, 0.15) is 0 Å². The third-order valence-corrected chi connectivity index (χ3v) is 4.18. The Morgan fingerprint density at radius 3 is 2.33 bits per heavy atom. The van der Waals surface area contributed by atoms with Crippen molar-refractivity contribution in [2.24, 2.45) is 0 Å². The van der Waals surface area contributed by atoms with Crippen molar-refractivity contribution in [1.29, 1.82) is 0 Å². The van der Waals surface area contributed by atoms with E-state index in [9.17, 15) is 4.79 Å². The average Bonchev–Trinajstić information content (AvgIpc) is 2.48. The number of amides is 1. The highest BCUT2D eigenvalue weighted by atomic mass is 32.1. The molecular weight excluding hydrogens is 282 g/mol. The number of piperazine rings is 1. The molecule has 4 nitrogen and oxygen atoms in total. The zero-order valence-electron chi connectivity index (χ0n) is 13.0. The van der Waals surface area contributed by atoms with E-state index in [-0.39, 0.29) is 5.91 Å². The zero-order valence-corrected chi connectivity index (χ0v) is 13.9. The highest BCUT2D eigenvalue weighted by molar-refractivity contribution is 7.80. The molecule has 1 fully saturated rings. The molecule has 116 valence electrons. The molecule has 5 heteroatoms. The number of rotatable bonds is 5. The van der Waals surface area contributed by atoms with Gasteiger partial charge in [-0.15, -0.1) is 12.6 Å². The van der Waals surface area contributed by atoms with E-state index in [4.69, 9.17) is 0 Å². The molecule has 0 atom stereocenters. The van der Waals surface area contributed by atoms with E-state index >= 15 is 0 Å². The summed E-state index contributed by atoms with van der Waals surface area (Å²) in [7, 11) is 4.19. The quantitative estimate of drug-likeness (QED) is 0.829. The highest BCUT2D eigenvalue weighted by Gasteiger charge is 2.20. The van der Waals surface area contributed by atoms with E-state index in [1.807, 2.05) is 29.2 Å². The van der Waals surface area contributed by atoms with Gasteiger partial charge in [-0.2, -0.15) is 0 Å². The van der Waals surface area contributed by atoms with Crippen LogP contribution < -0.4 is 0 Å². The molecule has 1 aromatic rings. The van der Waals surface area contributed by atoms with Crippen LogP contribution >= 0.6 is 12.6 Å². The minimum absolute atomic E-state index is 0.231. The third kappa shape index (κ3) is 5.34. The maximum Gasteiger partial charge on any atom is 0.227 e. The first-order valence-electron chi connectivity index (χ1n) is 7.47. The van der Waals surface area contributed by atoms with E-state index in [1.54, 1.807) is 0 Å². The SMILES string of the molecule is CN(C)CCN1CCN(C(=O)Cc2ccc(S)cc2)CC1. The van der Waals surface area contributed by atoms with Gasteiger partial charge in [0.25, 0.3) is 0 Å². The highest BCUT2D eigenvalue weighted by Crippen LogP contribution is 2.10. The topological polar surface area (TPSA) is 26.8 Å². The number of benzene rings is 1. The predicted octanol–water partition coefficient (Wildman–Crippen LogP) is 1.22. The molecule has 2 rings (SSSR count). The largest absolute Gasteiger partial charge is 0.340 e. The van der Waals surface area contributed by atoms with E-state index in [1.165, 1.54) is 0 Å². The summed E-state index contributed by atoms with van der Waals surface area (Å²) < 4.78 is 0. The van der Waals surface area contributed by atoms with Crippen LogP contribution in [0.15, 0.2) is 29.2 Å². The Balaban J connectivity index is 1.76. The summed E-state index contributed by atoms with van der Waals surface area (Å²) in [5.74, 6) is 0.231. The second-order valence-corrected chi connectivity index (χ2v) is 6.39. The molecule has 0 N–H and O–H groups in total. The lowest BCUT2D eigenvalue weighted by Gasteiger charge is -2.35. The monoisotopic (exact) mass is 307 g/mol. The average molecular weight is 307 g/mol. The number of carbonyl (C=O) groups is 1. The molecule has 0 radical (unpaired) electrons. The molecule has 0 aliphatic carbocycles. The lowest BCUT2D eigenvalue weighted by Crippen LogP contribution is -2.50. The van der Waals surface area contributed by atoms with Crippen molar-refractivity contribution in [3.8, 4) is 0 Å². The standard InChI is InChI=1S/C16H25N3OS/c1-17(2)7-8-18-9-11-19(12-10-18)16(20)13-14-3-5-15(21)6-4-14/h3-6,21H,7-13H2,1-2H3. The number of hydrogen-bond donors (Lipinski definition) is 1. The van der Waals surface area contributed by atoms with Gasteiger partial charge >= 0.3 is 0 Å². The lowest BCUT2D eigenvalue weighted by molar-refractivity contribution is -0.132. The molecule has 1 aliphatic rings. The van der Waals surface area contributed by atoms with E-state index in [0.29, 0.717) is 6.42 Å². The van der Waals surface area contributed by atoms with Crippen LogP contribution in [0.5, 0.6) is 0 Å². The van der Waals surface area contributed by atoms with Gasteiger partial charge in [-0.3, -0.25) is 9.69 Å². The van der Waals surface area contributed by atoms with Crippen LogP contribution in [0.2, 0.25) is 0 Å². The number of thiol groups is 1. The summed E-state index contributed by atoms with van der Waals surface area (Å²) in [6, 6.07) is 7.83. The first-order valence-corrected chi connectivity index (χ1v) is 7.92. The Kier molecular flexibility index (Phi) is 6.08. The number of carbonyl (C=O) groups excluding carboxylic acids is 1. The minimum Gasteiger partial charge on any atom is -0.340 e. The van der Waals surface area contributed by atoms with Gasteiger partial charge in [0.15, 0.2) is 0 Å². The molecule has 0 aromatic heterocycles. The molecule has 21 heavy (non-hydrogen) atoms. The molecule has 0 unspecified atom stereocenters. The van der Waals surface area contributed by atoms with E-state index in [0.717, 1.165) is 49.7 Å². The summed E-state index contributed by atoms with van der Waals surface area (Å²) >= 11 is 4.26. The van der Waals surface area contributed by atoms with Crippen LogP contribution in [0.25, 0.3) is 0 Å². The Labute approximate surface area is 133 Å². The summed E-state index contributed by atoms with van der Waals surface area (Å²) in [6.45, 7) is 5.81. The third-order valence-electron chi connectivity index (χ3n) is 3.88. The van der Waals surface area contributed by atoms with Crippen LogP contribution in [0.4, 0.5) is 0 Å². The van der Waals surface area contributed by atoms with Gasteiger partial charge in [-0.05, 0) is 31.8 Å². The summed E-state index contributed by atoms with van der Waals surface area (Å²) in [6.07, 6.45) is 0.492. The molecule has 1 aliphatic heterocycles. The Bertz CT molecular complexity index is 453. The smallest absolute Gasteiger partial charge is 0.227 e. The fraction of sp³-hybridized carbons (Fsp3) is 0.562. The maximum atomic E-state index is 12.3. The van der Waals surface area contributed by atoms with Gasteiger partial charge in [0, 0.05) is 44.2 Å². The first-order chi connectivity index (χ1) is 10.0. The number of hydrogen-bond acceptors (Lipinski definition) is 4. The molecule has 0 spiro atoms. The first kappa shape index (κ1) is 16.3. The summed E-state index contributed by atoms with van der Waals surface area (Å²) in [4.78, 5) is 19.9. The summed E-state index contributed by atoms with van der Waals surface area (Å²) in [5, 5.41) is 0. The van der Waals surface area contributed by atoms with Crippen LogP contribution in [-0.4, -0.2) is 74.0 Å². The molecule has 0 bridgehead atoms. The second-order valence-electron chi connectivity index (χ2n) is 5.87. The van der Waals surface area contributed by atoms with Crippen molar-refractivity contribution in [2.45, 2.75) is 11.3 Å². The lowest BCUT2D eigenvalue weighted by atomic mass is 10.1. The maximum absolute atomic E-state index is 12.3. The Morgan fingerprint density at radius 2 is 1.76 bits per heavy atom. The second kappa shape index (κ2) is 7.82. The number of nitrogens with zero attached hydrogens (tertiary/aromatic N) is 3. The van der Waals surface area contributed by atoms with Crippen molar-refractivity contribution in [3.63, 3.8) is 0 Å². The van der Waals surface area contributed by atoms with Crippen molar-refractivity contribution in [2.75, 3.05) is 53.4 Å². The Hall–Kier alpha value is -1.04. The van der Waals surface area contributed by atoms with Crippen molar-refractivity contribution < 1.29 is 4.79 Å². The molecule has 1 aromatic carbocycles. The minimum atomic E-state index is 0.231. The molecule has 1 amide bonds. The van der Waals surface area contributed by atoms with Gasteiger partial charge in [0.05, 0.1) is 6.42 Å². The van der Waals surface area contributed by atoms with Gasteiger partial charge in [-0.1, -0.05) is 12.1 Å². The van der Waals surface area contributed by atoms with Crippen LogP contribution in [0, 0.1) is 0 Å². The van der Waals surface area contributed by atoms with Crippen molar-refractivity contribution >= 4 is 18.5 Å². The molecular formula is C16H25N3OS. The van der Waals surface area contributed by atoms with Gasteiger partial charge in [0.2, 0.25) is 5.91 Å². The van der Waals surface area contributed by atoms with Gasteiger partial charge in [-0.25, -0.2) is 0 Å². The van der Waals surface area contributed by atoms with E-state index in [2.05, 4.69) is 36.5 Å². The van der Waals surface area contributed by atoms with Crippen molar-refractivity contribution in [3.05, 3.63) is 29.8 Å². The van der Waals surface area contributed by atoms with Crippen molar-refractivity contribution in [1.82, 2.24) is 14.7 Å². The fourth-order valence-electron chi connectivity index (χ4n) is 2.46. The van der Waals surface area contributed by atoms with Gasteiger partial charge < -0.3 is 9.80 Å². The molecule has 1 heterocycles. The normalized spacial score (nSPS) is 16.5. The zero-order chi connectivity index (χ0) is 15.2.